The molecule has 0 radical (unpaired) electrons. The molecule has 0 aliphatic carbocycles. The number of ether oxygens (including phenoxy) is 1. The smallest absolute Gasteiger partial charge is 0.243 e. The van der Waals surface area contributed by atoms with Crippen LogP contribution in [0.25, 0.3) is 21.8 Å². The van der Waals surface area contributed by atoms with Crippen LogP contribution in [-0.4, -0.2) is 53.6 Å². The summed E-state index contributed by atoms with van der Waals surface area (Å²) in [5.41, 5.74) is 2.42. The van der Waals surface area contributed by atoms with Crippen LogP contribution in [0.2, 0.25) is 0 Å². The predicted molar refractivity (Wildman–Crippen MR) is 124 cm³/mol. The van der Waals surface area contributed by atoms with Crippen LogP contribution in [0.15, 0.2) is 56.4 Å². The molecule has 0 atom stereocenters. The van der Waals surface area contributed by atoms with Gasteiger partial charge in [0.15, 0.2) is 5.16 Å². The summed E-state index contributed by atoms with van der Waals surface area (Å²) in [6, 6.07) is 9.12. The molecule has 1 aliphatic heterocycles. The molecule has 1 saturated heterocycles. The van der Waals surface area contributed by atoms with Crippen LogP contribution in [0.3, 0.4) is 0 Å². The van der Waals surface area contributed by atoms with Gasteiger partial charge in [-0.3, -0.25) is 0 Å². The standard InChI is InChI=1S/C21H22N4O4S3/c1-2-25-18-6-5-16(32(26,27)24-7-9-28-10-8-24)12-17(18)23-21(25)31-14-15-13-29-20(22-15)19-4-3-11-30-19/h3-6,11-13H,2,7-10,14H2,1H3. The van der Waals surface area contributed by atoms with Crippen molar-refractivity contribution >= 4 is 44.2 Å². The van der Waals surface area contributed by atoms with Crippen molar-refractivity contribution in [2.75, 3.05) is 26.3 Å². The van der Waals surface area contributed by atoms with Crippen molar-refractivity contribution in [3.05, 3.63) is 47.7 Å². The molecule has 0 N–H and O–H groups in total. The second-order valence-corrected chi connectivity index (χ2v) is 11.0. The number of imidazole rings is 1. The molecular formula is C21H22N4O4S3. The van der Waals surface area contributed by atoms with E-state index in [0.29, 0.717) is 43.5 Å². The molecule has 168 valence electrons. The maximum absolute atomic E-state index is 13.0. The zero-order chi connectivity index (χ0) is 22.1. The molecule has 1 fully saturated rings. The van der Waals surface area contributed by atoms with Gasteiger partial charge in [0, 0.05) is 25.4 Å². The average molecular weight is 491 g/mol. The fourth-order valence-electron chi connectivity index (χ4n) is 3.62. The molecule has 1 aliphatic rings. The van der Waals surface area contributed by atoms with E-state index < -0.39 is 10.0 Å². The molecule has 5 rings (SSSR count). The molecule has 4 heterocycles. The normalized spacial score (nSPS) is 15.5. The third kappa shape index (κ3) is 4.11. The lowest BCUT2D eigenvalue weighted by molar-refractivity contribution is 0.0730. The second-order valence-electron chi connectivity index (χ2n) is 7.22. The fourth-order valence-corrected chi connectivity index (χ4v) is 6.66. The van der Waals surface area contributed by atoms with Crippen LogP contribution in [0.1, 0.15) is 12.6 Å². The van der Waals surface area contributed by atoms with Gasteiger partial charge < -0.3 is 13.7 Å². The SMILES string of the molecule is CCn1c(SCc2coc(-c3cccs3)n2)nc2cc(S(=O)(=O)N3CCOCC3)ccc21. The molecule has 32 heavy (non-hydrogen) atoms. The van der Waals surface area contributed by atoms with Crippen molar-refractivity contribution in [3.63, 3.8) is 0 Å². The highest BCUT2D eigenvalue weighted by Gasteiger charge is 2.27. The summed E-state index contributed by atoms with van der Waals surface area (Å²) >= 11 is 3.15. The lowest BCUT2D eigenvalue weighted by atomic mass is 10.3. The van der Waals surface area contributed by atoms with Gasteiger partial charge in [-0.25, -0.2) is 18.4 Å². The average Bonchev–Trinajstić information content (AvgIpc) is 3.57. The van der Waals surface area contributed by atoms with Gasteiger partial charge in [0.25, 0.3) is 0 Å². The Morgan fingerprint density at radius 2 is 2.03 bits per heavy atom. The van der Waals surface area contributed by atoms with E-state index >= 15 is 0 Å². The second kappa shape index (κ2) is 8.99. The van der Waals surface area contributed by atoms with Gasteiger partial charge in [-0.15, -0.1) is 11.3 Å². The Morgan fingerprint density at radius 1 is 1.19 bits per heavy atom. The Labute approximate surface area is 194 Å². The number of hydrogen-bond acceptors (Lipinski definition) is 8. The van der Waals surface area contributed by atoms with E-state index in [0.717, 1.165) is 27.8 Å². The van der Waals surface area contributed by atoms with Gasteiger partial charge in [0.05, 0.1) is 39.7 Å². The van der Waals surface area contributed by atoms with Crippen LogP contribution in [0, 0.1) is 0 Å². The van der Waals surface area contributed by atoms with Gasteiger partial charge in [-0.2, -0.15) is 4.31 Å². The molecule has 0 spiro atoms. The zero-order valence-corrected chi connectivity index (χ0v) is 19.9. The van der Waals surface area contributed by atoms with Gasteiger partial charge in [-0.1, -0.05) is 17.8 Å². The molecule has 1 aromatic carbocycles. The topological polar surface area (TPSA) is 90.5 Å². The van der Waals surface area contributed by atoms with Crippen LogP contribution in [-0.2, 0) is 27.1 Å². The summed E-state index contributed by atoms with van der Waals surface area (Å²) in [5, 5.41) is 2.81. The van der Waals surface area contributed by atoms with E-state index in [2.05, 4.69) is 16.5 Å². The number of morpholine rings is 1. The predicted octanol–water partition coefficient (Wildman–Crippen LogP) is 4.09. The lowest BCUT2D eigenvalue weighted by Gasteiger charge is -2.26. The minimum atomic E-state index is -3.56. The first kappa shape index (κ1) is 21.7. The number of aryl methyl sites for hydroxylation is 1. The summed E-state index contributed by atoms with van der Waals surface area (Å²) in [6.45, 7) is 4.36. The summed E-state index contributed by atoms with van der Waals surface area (Å²) in [7, 11) is -3.56. The van der Waals surface area contributed by atoms with Crippen molar-refractivity contribution in [1.29, 1.82) is 0 Å². The number of sulfonamides is 1. The summed E-state index contributed by atoms with van der Waals surface area (Å²) < 4.78 is 40.5. The molecule has 3 aromatic heterocycles. The van der Waals surface area contributed by atoms with Crippen LogP contribution < -0.4 is 0 Å². The van der Waals surface area contributed by atoms with Gasteiger partial charge in [-0.05, 0) is 36.6 Å². The fraction of sp³-hybridized carbons (Fsp3) is 0.333. The van der Waals surface area contributed by atoms with Gasteiger partial charge >= 0.3 is 0 Å². The number of nitrogens with zero attached hydrogens (tertiary/aromatic N) is 4. The first-order valence-corrected chi connectivity index (χ1v) is 13.6. The first-order chi connectivity index (χ1) is 15.6. The monoisotopic (exact) mass is 490 g/mol. The maximum atomic E-state index is 13.0. The van der Waals surface area contributed by atoms with E-state index in [1.807, 2.05) is 23.6 Å². The van der Waals surface area contributed by atoms with Gasteiger partial charge in [0.2, 0.25) is 15.9 Å². The first-order valence-electron chi connectivity index (χ1n) is 10.3. The quantitative estimate of drug-likeness (QED) is 0.361. The molecule has 11 heteroatoms. The van der Waals surface area contributed by atoms with Crippen LogP contribution >= 0.6 is 23.1 Å². The molecule has 0 amide bonds. The molecule has 8 nitrogen and oxygen atoms in total. The van der Waals surface area contributed by atoms with E-state index in [9.17, 15) is 8.42 Å². The number of fused-ring (bicyclic) bond motifs is 1. The number of hydrogen-bond donors (Lipinski definition) is 0. The highest BCUT2D eigenvalue weighted by Crippen LogP contribution is 2.30. The van der Waals surface area contributed by atoms with Crippen LogP contribution in [0.4, 0.5) is 0 Å². The third-order valence-electron chi connectivity index (χ3n) is 5.24. The highest BCUT2D eigenvalue weighted by molar-refractivity contribution is 7.98. The van der Waals surface area contributed by atoms with Gasteiger partial charge in [0.1, 0.15) is 6.26 Å². The molecule has 0 saturated carbocycles. The zero-order valence-electron chi connectivity index (χ0n) is 17.4. The number of rotatable bonds is 7. The number of benzene rings is 1. The number of thioether (sulfide) groups is 1. The molecule has 0 bridgehead atoms. The minimum absolute atomic E-state index is 0.265. The van der Waals surface area contributed by atoms with Crippen molar-refractivity contribution in [2.24, 2.45) is 0 Å². The van der Waals surface area contributed by atoms with E-state index in [1.165, 1.54) is 4.31 Å². The summed E-state index contributed by atoms with van der Waals surface area (Å²) in [4.78, 5) is 10.6. The number of oxazole rings is 1. The Kier molecular flexibility index (Phi) is 6.08. The Balaban J connectivity index is 1.39. The summed E-state index contributed by atoms with van der Waals surface area (Å²) in [5.74, 6) is 1.23. The van der Waals surface area contributed by atoms with Crippen molar-refractivity contribution in [3.8, 4) is 10.8 Å². The van der Waals surface area contributed by atoms with Crippen molar-refractivity contribution < 1.29 is 17.6 Å². The maximum Gasteiger partial charge on any atom is 0.243 e. The number of aromatic nitrogens is 3. The third-order valence-corrected chi connectivity index (χ3v) is 9.00. The Bertz CT molecular complexity index is 1320. The van der Waals surface area contributed by atoms with E-state index in [-0.39, 0.29) is 4.90 Å². The summed E-state index contributed by atoms with van der Waals surface area (Å²) in [6.07, 6.45) is 1.67. The lowest BCUT2D eigenvalue weighted by Crippen LogP contribution is -2.40. The largest absolute Gasteiger partial charge is 0.444 e. The van der Waals surface area contributed by atoms with Crippen molar-refractivity contribution in [2.45, 2.75) is 29.3 Å². The highest BCUT2D eigenvalue weighted by atomic mass is 32.2. The molecular weight excluding hydrogens is 468 g/mol. The van der Waals surface area contributed by atoms with Crippen molar-refractivity contribution in [1.82, 2.24) is 18.8 Å². The number of thiophene rings is 1. The van der Waals surface area contributed by atoms with E-state index in [4.69, 9.17) is 14.1 Å². The molecule has 4 aromatic rings. The Morgan fingerprint density at radius 3 is 2.78 bits per heavy atom. The Hall–Kier alpha value is -2.18. The van der Waals surface area contributed by atoms with Crippen LogP contribution in [0.5, 0.6) is 0 Å². The van der Waals surface area contributed by atoms with E-state index in [1.54, 1.807) is 41.5 Å². The minimum Gasteiger partial charge on any atom is -0.444 e. The molecule has 0 unspecified atom stereocenters.